The minimum absolute atomic E-state index is 0.0644. The molecular weight excluding hydrogens is 709 g/mol. The van der Waals surface area contributed by atoms with Gasteiger partial charge >= 0.3 is 17.9 Å². The molecule has 338 valence electrons. The molecule has 0 amide bonds. The maximum absolute atomic E-state index is 12.6. The summed E-state index contributed by atoms with van der Waals surface area (Å²) in [7, 11) is 0. The van der Waals surface area contributed by atoms with Crippen molar-refractivity contribution in [1.29, 1.82) is 0 Å². The van der Waals surface area contributed by atoms with Crippen LogP contribution in [0.25, 0.3) is 0 Å². The molecule has 0 aromatic carbocycles. The van der Waals surface area contributed by atoms with Crippen LogP contribution in [0.3, 0.4) is 0 Å². The summed E-state index contributed by atoms with van der Waals surface area (Å²) in [6, 6.07) is 0. The summed E-state index contributed by atoms with van der Waals surface area (Å²) in [5.74, 6) is -0.00265. The molecule has 57 heavy (non-hydrogen) atoms. The molecule has 6 heteroatoms. The van der Waals surface area contributed by atoms with E-state index in [1.54, 1.807) is 0 Å². The van der Waals surface area contributed by atoms with Crippen LogP contribution in [-0.4, -0.2) is 37.2 Å². The van der Waals surface area contributed by atoms with Crippen LogP contribution in [-0.2, 0) is 28.6 Å². The molecule has 0 radical (unpaired) electrons. The van der Waals surface area contributed by atoms with Crippen LogP contribution in [0.2, 0.25) is 0 Å². The highest BCUT2D eigenvalue weighted by atomic mass is 16.6. The molecule has 0 aliphatic rings. The van der Waals surface area contributed by atoms with Crippen LogP contribution in [0.4, 0.5) is 0 Å². The molecule has 0 bridgehead atoms. The van der Waals surface area contributed by atoms with Crippen LogP contribution in [0.1, 0.15) is 285 Å². The van der Waals surface area contributed by atoms with Gasteiger partial charge in [-0.3, -0.25) is 14.4 Å². The molecule has 6 nitrogen and oxygen atoms in total. The van der Waals surface area contributed by atoms with Crippen molar-refractivity contribution in [3.8, 4) is 0 Å². The molecule has 0 aromatic heterocycles. The second kappa shape index (κ2) is 45.5. The Morgan fingerprint density at radius 1 is 0.333 bits per heavy atom. The molecule has 0 saturated heterocycles. The molecule has 0 unspecified atom stereocenters. The van der Waals surface area contributed by atoms with Crippen molar-refractivity contribution >= 4 is 17.9 Å². The van der Waals surface area contributed by atoms with Gasteiger partial charge in [-0.15, -0.1) is 0 Å². The lowest BCUT2D eigenvalue weighted by Gasteiger charge is -2.18. The molecule has 0 N–H and O–H groups in total. The number of unbranched alkanes of at least 4 members (excludes halogenated alkanes) is 33. The van der Waals surface area contributed by atoms with Crippen LogP contribution in [0.5, 0.6) is 0 Å². The van der Waals surface area contributed by atoms with Gasteiger partial charge in [0.15, 0.2) is 6.10 Å². The smallest absolute Gasteiger partial charge is 0.306 e. The number of rotatable bonds is 46. The molecule has 0 aliphatic heterocycles. The van der Waals surface area contributed by atoms with Crippen LogP contribution >= 0.6 is 0 Å². The predicted molar refractivity (Wildman–Crippen MR) is 243 cm³/mol. The fraction of sp³-hybridized carbons (Fsp3) is 0.941. The third-order valence-corrected chi connectivity index (χ3v) is 11.5. The Kier molecular flexibility index (Phi) is 44.2. The fourth-order valence-corrected chi connectivity index (χ4v) is 7.69. The lowest BCUT2D eigenvalue weighted by Crippen LogP contribution is -2.30. The van der Waals surface area contributed by atoms with Gasteiger partial charge in [0.25, 0.3) is 0 Å². The van der Waals surface area contributed by atoms with E-state index in [0.717, 1.165) is 70.1 Å². The molecule has 0 aliphatic carbocycles. The van der Waals surface area contributed by atoms with Gasteiger partial charge in [-0.05, 0) is 25.2 Å². The first-order chi connectivity index (χ1) is 27.9. The molecule has 0 heterocycles. The summed E-state index contributed by atoms with van der Waals surface area (Å²) >= 11 is 0. The molecule has 0 fully saturated rings. The minimum Gasteiger partial charge on any atom is -0.462 e. The van der Waals surface area contributed by atoms with E-state index in [-0.39, 0.29) is 31.1 Å². The highest BCUT2D eigenvalue weighted by Gasteiger charge is 2.19. The molecule has 0 aromatic rings. The van der Waals surface area contributed by atoms with E-state index in [1.807, 2.05) is 0 Å². The second-order valence-electron chi connectivity index (χ2n) is 17.9. The zero-order valence-electron chi connectivity index (χ0n) is 38.8. The van der Waals surface area contributed by atoms with Gasteiger partial charge in [0.2, 0.25) is 0 Å². The van der Waals surface area contributed by atoms with Crippen LogP contribution in [0.15, 0.2) is 0 Å². The Bertz CT molecular complexity index is 857. The van der Waals surface area contributed by atoms with E-state index < -0.39 is 6.10 Å². The van der Waals surface area contributed by atoms with Crippen molar-refractivity contribution in [3.05, 3.63) is 0 Å². The molecular formula is C51H98O6. The van der Waals surface area contributed by atoms with Gasteiger partial charge in [-0.1, -0.05) is 246 Å². The maximum atomic E-state index is 12.6. The summed E-state index contributed by atoms with van der Waals surface area (Å²) < 4.78 is 16.7. The average molecular weight is 807 g/mol. The highest BCUT2D eigenvalue weighted by molar-refractivity contribution is 5.71. The fourth-order valence-electron chi connectivity index (χ4n) is 7.69. The second-order valence-corrected chi connectivity index (χ2v) is 17.9. The molecule has 0 spiro atoms. The Labute approximate surface area is 355 Å². The first kappa shape index (κ1) is 55.4. The summed E-state index contributed by atoms with van der Waals surface area (Å²) in [5, 5.41) is 0. The Morgan fingerprint density at radius 3 is 0.860 bits per heavy atom. The zero-order chi connectivity index (χ0) is 41.7. The predicted octanol–water partition coefficient (Wildman–Crippen LogP) is 16.3. The average Bonchev–Trinajstić information content (AvgIpc) is 3.19. The number of carbonyl (C=O) groups is 3. The lowest BCUT2D eigenvalue weighted by molar-refractivity contribution is -0.167. The van der Waals surface area contributed by atoms with Crippen LogP contribution < -0.4 is 0 Å². The first-order valence-corrected chi connectivity index (χ1v) is 25.4. The van der Waals surface area contributed by atoms with Crippen molar-refractivity contribution in [2.24, 2.45) is 5.92 Å². The summed E-state index contributed by atoms with van der Waals surface area (Å²) in [5.41, 5.74) is 0. The minimum atomic E-state index is -0.758. The Balaban J connectivity index is 4.02. The quantitative estimate of drug-likeness (QED) is 0.0346. The standard InChI is InChI=1S/C51H98O6/c1-5-7-9-11-12-13-14-21-25-28-31-35-38-42-49(52)55-45-48(57-51(54)44-40-33-10-8-6-2)46-56-50(53)43-39-36-32-29-26-23-20-18-16-15-17-19-22-24-27-30-34-37-41-47(3)4/h47-48H,5-46H2,1-4H3/t48-/m1/s1. The van der Waals surface area contributed by atoms with E-state index in [1.165, 1.54) is 173 Å². The maximum Gasteiger partial charge on any atom is 0.306 e. The van der Waals surface area contributed by atoms with E-state index >= 15 is 0 Å². The highest BCUT2D eigenvalue weighted by Crippen LogP contribution is 2.17. The number of hydrogen-bond acceptors (Lipinski definition) is 6. The van der Waals surface area contributed by atoms with E-state index in [9.17, 15) is 14.4 Å². The van der Waals surface area contributed by atoms with Crippen molar-refractivity contribution in [2.45, 2.75) is 291 Å². The van der Waals surface area contributed by atoms with Gasteiger partial charge in [0, 0.05) is 19.3 Å². The van der Waals surface area contributed by atoms with E-state index in [4.69, 9.17) is 14.2 Å². The monoisotopic (exact) mass is 807 g/mol. The normalized spacial score (nSPS) is 11.9. The number of esters is 3. The summed E-state index contributed by atoms with van der Waals surface area (Å²) in [4.78, 5) is 37.6. The number of carbonyl (C=O) groups excluding carboxylic acids is 3. The van der Waals surface area contributed by atoms with Crippen molar-refractivity contribution in [3.63, 3.8) is 0 Å². The summed E-state index contributed by atoms with van der Waals surface area (Å²) in [6.07, 6.45) is 47.0. The van der Waals surface area contributed by atoms with E-state index in [0.29, 0.717) is 19.3 Å². The van der Waals surface area contributed by atoms with Gasteiger partial charge in [0.1, 0.15) is 13.2 Å². The molecule has 1 atom stereocenters. The Hall–Kier alpha value is -1.59. The first-order valence-electron chi connectivity index (χ1n) is 25.4. The lowest BCUT2D eigenvalue weighted by atomic mass is 10.0. The number of hydrogen-bond donors (Lipinski definition) is 0. The third kappa shape index (κ3) is 45.3. The topological polar surface area (TPSA) is 78.9 Å². The van der Waals surface area contributed by atoms with Gasteiger partial charge < -0.3 is 14.2 Å². The molecule has 0 saturated carbocycles. The van der Waals surface area contributed by atoms with Gasteiger partial charge in [-0.2, -0.15) is 0 Å². The van der Waals surface area contributed by atoms with Crippen molar-refractivity contribution < 1.29 is 28.6 Å². The van der Waals surface area contributed by atoms with Gasteiger partial charge in [-0.25, -0.2) is 0 Å². The van der Waals surface area contributed by atoms with Crippen molar-refractivity contribution in [2.75, 3.05) is 13.2 Å². The zero-order valence-corrected chi connectivity index (χ0v) is 38.8. The van der Waals surface area contributed by atoms with Crippen LogP contribution in [0, 0.1) is 5.92 Å². The third-order valence-electron chi connectivity index (χ3n) is 11.5. The van der Waals surface area contributed by atoms with Crippen molar-refractivity contribution in [1.82, 2.24) is 0 Å². The largest absolute Gasteiger partial charge is 0.462 e. The van der Waals surface area contributed by atoms with E-state index in [2.05, 4.69) is 27.7 Å². The Morgan fingerprint density at radius 2 is 0.579 bits per heavy atom. The van der Waals surface area contributed by atoms with Gasteiger partial charge in [0.05, 0.1) is 0 Å². The number of ether oxygens (including phenoxy) is 3. The summed E-state index contributed by atoms with van der Waals surface area (Å²) in [6.45, 7) is 8.96. The molecule has 0 rings (SSSR count). The SMILES string of the molecule is CCCCCCCCCCCCCCCC(=O)OC[C@H](COC(=O)CCCCCCCCCCCCCCCCCCCCC(C)C)OC(=O)CCCCCCC.